The van der Waals surface area contributed by atoms with Gasteiger partial charge in [-0.3, -0.25) is 0 Å². The Morgan fingerprint density at radius 2 is 1.16 bits per heavy atom. The minimum Gasteiger partial charge on any atom is -0.0909 e. The van der Waals surface area contributed by atoms with Crippen molar-refractivity contribution >= 4 is 16.7 Å². The van der Waals surface area contributed by atoms with Gasteiger partial charge in [-0.1, -0.05) is 19.2 Å². The zero-order chi connectivity index (χ0) is 23.5. The van der Waals surface area contributed by atoms with Crippen LogP contribution in [0, 0.1) is 55.4 Å². The summed E-state index contributed by atoms with van der Waals surface area (Å²) in [4.78, 5) is 0. The summed E-state index contributed by atoms with van der Waals surface area (Å²) in [7, 11) is 0. The molecular weight excluding hydrogens is 372 g/mol. The van der Waals surface area contributed by atoms with Crippen LogP contribution in [0.1, 0.15) is 82.0 Å². The zero-order valence-electron chi connectivity index (χ0n) is 21.5. The molecule has 31 heavy (non-hydrogen) atoms. The van der Waals surface area contributed by atoms with Crippen LogP contribution in [-0.2, 0) is 0 Å². The lowest BCUT2D eigenvalue weighted by Crippen LogP contribution is -2.01. The second kappa shape index (κ2) is 7.83. The van der Waals surface area contributed by atoms with E-state index < -0.39 is 0 Å². The molecule has 0 aromatic heterocycles. The number of hydrogen-bond acceptors (Lipinski definition) is 0. The van der Waals surface area contributed by atoms with Gasteiger partial charge in [-0.15, -0.1) is 0 Å². The number of benzene rings is 2. The second-order valence-corrected chi connectivity index (χ2v) is 9.59. The Balaban J connectivity index is 2.21. The number of rotatable bonds is 3. The van der Waals surface area contributed by atoms with Crippen LogP contribution in [0.5, 0.6) is 0 Å². The summed E-state index contributed by atoms with van der Waals surface area (Å²) in [6.45, 7) is 33.7. The maximum absolute atomic E-state index is 4.59. The second-order valence-electron chi connectivity index (χ2n) is 9.59. The Kier molecular flexibility index (Phi) is 5.82. The monoisotopic (exact) mass is 410 g/mol. The Hall–Kier alpha value is -2.60. The first kappa shape index (κ1) is 23.1. The maximum atomic E-state index is 4.59. The van der Waals surface area contributed by atoms with E-state index in [0.29, 0.717) is 0 Å². The fourth-order valence-electron chi connectivity index (χ4n) is 5.51. The van der Waals surface area contributed by atoms with Crippen LogP contribution in [0.25, 0.3) is 16.7 Å². The van der Waals surface area contributed by atoms with E-state index in [-0.39, 0.29) is 0 Å². The van der Waals surface area contributed by atoms with Crippen molar-refractivity contribution in [1.82, 2.24) is 0 Å². The molecule has 0 saturated carbocycles. The van der Waals surface area contributed by atoms with Crippen molar-refractivity contribution in [3.63, 3.8) is 0 Å². The summed E-state index contributed by atoms with van der Waals surface area (Å²) in [6.07, 6.45) is 0. The highest BCUT2D eigenvalue weighted by Crippen LogP contribution is 2.49. The van der Waals surface area contributed by atoms with Gasteiger partial charge in [0.2, 0.25) is 0 Å². The highest BCUT2D eigenvalue weighted by atomic mass is 14.3. The summed E-state index contributed by atoms with van der Waals surface area (Å²) in [5, 5.41) is 0. The normalized spacial score (nSPS) is 14.2. The Labute approximate surface area is 190 Å². The predicted molar refractivity (Wildman–Crippen MR) is 140 cm³/mol. The van der Waals surface area contributed by atoms with E-state index in [1.807, 2.05) is 0 Å². The van der Waals surface area contributed by atoms with Crippen LogP contribution >= 0.6 is 0 Å². The molecule has 0 nitrogen and oxygen atoms in total. The summed E-state index contributed by atoms with van der Waals surface area (Å²) in [5.74, 6) is 0. The quantitative estimate of drug-likeness (QED) is 0.443. The van der Waals surface area contributed by atoms with Crippen molar-refractivity contribution in [1.29, 1.82) is 0 Å². The molecule has 3 rings (SSSR count). The predicted octanol–water partition coefficient (Wildman–Crippen LogP) is 9.00. The molecule has 0 atom stereocenters. The molecule has 0 spiro atoms. The van der Waals surface area contributed by atoms with Gasteiger partial charge in [0.1, 0.15) is 0 Å². The Bertz CT molecular complexity index is 1240. The molecular formula is C31H38. The summed E-state index contributed by atoms with van der Waals surface area (Å²) < 4.78 is 0. The molecule has 0 N–H and O–H groups in total. The van der Waals surface area contributed by atoms with Crippen molar-refractivity contribution in [2.45, 2.75) is 76.2 Å². The molecule has 0 heteroatoms. The molecule has 0 bridgehead atoms. The third-order valence-electron chi connectivity index (χ3n) is 8.09. The SMILES string of the molecule is C=C(C1=C(C)c2c(C)c(C)c(C)c(C)c2C1=C)/C(C)=C(/C)c1c(C)cc(C)c(C)c1C. The number of aryl methyl sites for hydroxylation is 2. The third-order valence-corrected chi connectivity index (χ3v) is 8.09. The smallest absolute Gasteiger partial charge is 0.00734 e. The van der Waals surface area contributed by atoms with Crippen molar-refractivity contribution in [3.8, 4) is 0 Å². The maximum Gasteiger partial charge on any atom is -0.00734 e. The van der Waals surface area contributed by atoms with Gasteiger partial charge in [-0.2, -0.15) is 0 Å². The molecule has 0 radical (unpaired) electrons. The van der Waals surface area contributed by atoms with E-state index in [2.05, 4.69) is 95.4 Å². The van der Waals surface area contributed by atoms with E-state index in [1.165, 1.54) is 83.5 Å². The molecule has 0 heterocycles. The highest BCUT2D eigenvalue weighted by molar-refractivity contribution is 6.05. The van der Waals surface area contributed by atoms with Gasteiger partial charge in [0.15, 0.2) is 0 Å². The topological polar surface area (TPSA) is 0 Å². The summed E-state index contributed by atoms with van der Waals surface area (Å²) in [6, 6.07) is 2.31. The first-order valence-electron chi connectivity index (χ1n) is 11.3. The van der Waals surface area contributed by atoms with Crippen LogP contribution < -0.4 is 0 Å². The van der Waals surface area contributed by atoms with Crippen LogP contribution in [-0.4, -0.2) is 0 Å². The average molecular weight is 411 g/mol. The third kappa shape index (κ3) is 3.28. The molecule has 2 aromatic rings. The van der Waals surface area contributed by atoms with E-state index in [4.69, 9.17) is 0 Å². The molecule has 0 unspecified atom stereocenters. The fourth-order valence-corrected chi connectivity index (χ4v) is 5.51. The van der Waals surface area contributed by atoms with E-state index in [9.17, 15) is 0 Å². The lowest BCUT2D eigenvalue weighted by molar-refractivity contribution is 1.19. The van der Waals surface area contributed by atoms with Crippen LogP contribution in [0.3, 0.4) is 0 Å². The van der Waals surface area contributed by atoms with Crippen LogP contribution in [0.15, 0.2) is 35.9 Å². The molecule has 0 aliphatic heterocycles. The Morgan fingerprint density at radius 1 is 0.645 bits per heavy atom. The van der Waals surface area contributed by atoms with Crippen molar-refractivity contribution in [3.05, 3.63) is 97.1 Å². The average Bonchev–Trinajstić information content (AvgIpc) is 2.98. The number of fused-ring (bicyclic) bond motifs is 1. The van der Waals surface area contributed by atoms with Gasteiger partial charge < -0.3 is 0 Å². The number of hydrogen-bond donors (Lipinski definition) is 0. The summed E-state index contributed by atoms with van der Waals surface area (Å²) >= 11 is 0. The van der Waals surface area contributed by atoms with Gasteiger partial charge in [-0.05, 0) is 171 Å². The van der Waals surface area contributed by atoms with E-state index in [1.54, 1.807) is 0 Å². The fraction of sp³-hybridized carbons (Fsp3) is 0.355. The molecule has 0 amide bonds. The van der Waals surface area contributed by atoms with Crippen LogP contribution in [0.2, 0.25) is 0 Å². The minimum atomic E-state index is 1.10. The standard InChI is InChI=1S/C31H38/c1-15-14-16(2)28(21(7)17(15)3)22(8)20(6)23(9)29-26(12)30-24(10)18(4)19(5)25(11)31(30)27(29)13/h14H,9,12H2,1-8,10-11,13H3/b22-20-. The van der Waals surface area contributed by atoms with Crippen LogP contribution in [0.4, 0.5) is 0 Å². The molecule has 162 valence electrons. The number of allylic oxidation sites excluding steroid dienone is 6. The molecule has 1 aliphatic rings. The molecule has 2 aromatic carbocycles. The zero-order valence-corrected chi connectivity index (χ0v) is 21.5. The van der Waals surface area contributed by atoms with Crippen molar-refractivity contribution < 1.29 is 0 Å². The first-order valence-corrected chi connectivity index (χ1v) is 11.3. The van der Waals surface area contributed by atoms with Gasteiger partial charge in [0.25, 0.3) is 0 Å². The van der Waals surface area contributed by atoms with Gasteiger partial charge >= 0.3 is 0 Å². The lowest BCUT2D eigenvalue weighted by atomic mass is 9.84. The van der Waals surface area contributed by atoms with Crippen molar-refractivity contribution in [2.24, 2.45) is 0 Å². The van der Waals surface area contributed by atoms with Crippen molar-refractivity contribution in [2.75, 3.05) is 0 Å². The van der Waals surface area contributed by atoms with Gasteiger partial charge in [0, 0.05) is 0 Å². The molecule has 0 fully saturated rings. The van der Waals surface area contributed by atoms with E-state index in [0.717, 1.165) is 11.1 Å². The highest BCUT2D eigenvalue weighted by Gasteiger charge is 2.29. The largest absolute Gasteiger partial charge is 0.0909 e. The van der Waals surface area contributed by atoms with E-state index >= 15 is 0 Å². The Morgan fingerprint density at radius 3 is 1.71 bits per heavy atom. The summed E-state index contributed by atoms with van der Waals surface area (Å²) in [5.41, 5.74) is 22.3. The van der Waals surface area contributed by atoms with Gasteiger partial charge in [0.05, 0.1) is 0 Å². The first-order chi connectivity index (χ1) is 14.3. The molecule has 0 saturated heterocycles. The van der Waals surface area contributed by atoms with Gasteiger partial charge in [-0.25, -0.2) is 0 Å². The molecule has 1 aliphatic carbocycles. The lowest BCUT2D eigenvalue weighted by Gasteiger charge is -2.20. The minimum absolute atomic E-state index is 1.10.